The Balaban J connectivity index is 1.70. The Bertz CT molecular complexity index is 1020. The number of rotatable bonds is 9. The quantitative estimate of drug-likeness (QED) is 0.383. The lowest BCUT2D eigenvalue weighted by Gasteiger charge is -2.12. The maximum Gasteiger partial charge on any atom is 0.335 e. The minimum absolute atomic E-state index is 0.213. The summed E-state index contributed by atoms with van der Waals surface area (Å²) >= 11 is 0. The minimum atomic E-state index is -0.969. The SMILES string of the molecule is CCOCCCNc1ncc2c(n1)c(NC1CC1)nc1cc(C(=O)O)ccc12. The number of hydrogen-bond donors (Lipinski definition) is 3. The molecule has 0 unspecified atom stereocenters. The normalized spacial score (nSPS) is 13.8. The number of hydrogen-bond acceptors (Lipinski definition) is 7. The predicted molar refractivity (Wildman–Crippen MR) is 108 cm³/mol. The van der Waals surface area contributed by atoms with Crippen molar-refractivity contribution in [2.45, 2.75) is 32.2 Å². The molecule has 0 aliphatic heterocycles. The fraction of sp³-hybridized carbons (Fsp3) is 0.400. The number of carboxylic acids is 1. The molecule has 8 heteroatoms. The number of nitrogens with one attached hydrogen (secondary N) is 2. The van der Waals surface area contributed by atoms with E-state index in [1.54, 1.807) is 24.4 Å². The van der Waals surface area contributed by atoms with Crippen molar-refractivity contribution in [3.05, 3.63) is 30.0 Å². The molecule has 3 aromatic rings. The van der Waals surface area contributed by atoms with Crippen molar-refractivity contribution in [2.75, 3.05) is 30.4 Å². The van der Waals surface area contributed by atoms with E-state index in [0.717, 1.165) is 42.1 Å². The summed E-state index contributed by atoms with van der Waals surface area (Å²) in [5, 5.41) is 17.6. The molecule has 0 atom stereocenters. The Morgan fingerprint density at radius 3 is 2.89 bits per heavy atom. The molecule has 3 N–H and O–H groups in total. The number of benzene rings is 1. The first-order chi connectivity index (χ1) is 13.7. The summed E-state index contributed by atoms with van der Waals surface area (Å²) in [5.41, 5.74) is 1.58. The third-order valence-electron chi connectivity index (χ3n) is 4.65. The molecule has 0 radical (unpaired) electrons. The second-order valence-electron chi connectivity index (χ2n) is 6.85. The van der Waals surface area contributed by atoms with Gasteiger partial charge < -0.3 is 20.5 Å². The maximum absolute atomic E-state index is 11.3. The highest BCUT2D eigenvalue weighted by molar-refractivity contribution is 6.09. The van der Waals surface area contributed by atoms with Crippen molar-refractivity contribution in [3.63, 3.8) is 0 Å². The van der Waals surface area contributed by atoms with Gasteiger partial charge in [0.2, 0.25) is 5.95 Å². The molecule has 4 rings (SSSR count). The predicted octanol–water partition coefficient (Wildman–Crippen LogP) is 3.29. The lowest BCUT2D eigenvalue weighted by Crippen LogP contribution is -2.10. The van der Waals surface area contributed by atoms with Gasteiger partial charge in [0.05, 0.1) is 11.1 Å². The minimum Gasteiger partial charge on any atom is -0.478 e. The second-order valence-corrected chi connectivity index (χ2v) is 6.85. The molecule has 0 saturated heterocycles. The Labute approximate surface area is 162 Å². The molecule has 28 heavy (non-hydrogen) atoms. The van der Waals surface area contributed by atoms with Crippen LogP contribution in [0.2, 0.25) is 0 Å². The van der Waals surface area contributed by atoms with Gasteiger partial charge in [0.1, 0.15) is 5.52 Å². The molecular weight excluding hydrogens is 358 g/mol. The van der Waals surface area contributed by atoms with Crippen LogP contribution in [0.1, 0.15) is 36.5 Å². The number of nitrogens with zero attached hydrogens (tertiary/aromatic N) is 3. The van der Waals surface area contributed by atoms with Crippen LogP contribution in [0.3, 0.4) is 0 Å². The van der Waals surface area contributed by atoms with Crippen LogP contribution < -0.4 is 10.6 Å². The van der Waals surface area contributed by atoms with Gasteiger partial charge in [-0.15, -0.1) is 0 Å². The van der Waals surface area contributed by atoms with Crippen molar-refractivity contribution < 1.29 is 14.6 Å². The van der Waals surface area contributed by atoms with Crippen molar-refractivity contribution >= 4 is 39.5 Å². The van der Waals surface area contributed by atoms with Gasteiger partial charge in [-0.1, -0.05) is 6.07 Å². The molecule has 8 nitrogen and oxygen atoms in total. The fourth-order valence-corrected chi connectivity index (χ4v) is 3.04. The average Bonchev–Trinajstić information content (AvgIpc) is 3.51. The van der Waals surface area contributed by atoms with Gasteiger partial charge in [0, 0.05) is 42.8 Å². The number of fused-ring (bicyclic) bond motifs is 3. The van der Waals surface area contributed by atoms with Crippen molar-refractivity contribution in [3.8, 4) is 0 Å². The molecule has 1 aliphatic carbocycles. The zero-order chi connectivity index (χ0) is 19.5. The van der Waals surface area contributed by atoms with E-state index < -0.39 is 5.97 Å². The number of anilines is 2. The summed E-state index contributed by atoms with van der Waals surface area (Å²) in [6, 6.07) is 5.34. The van der Waals surface area contributed by atoms with E-state index in [4.69, 9.17) is 4.74 Å². The lowest BCUT2D eigenvalue weighted by molar-refractivity contribution is 0.0697. The van der Waals surface area contributed by atoms with Crippen LogP contribution in [0.4, 0.5) is 11.8 Å². The van der Waals surface area contributed by atoms with Crippen LogP contribution in [-0.2, 0) is 4.74 Å². The second kappa shape index (κ2) is 7.93. The van der Waals surface area contributed by atoms with Gasteiger partial charge in [-0.25, -0.2) is 19.7 Å². The monoisotopic (exact) mass is 381 g/mol. The Kier molecular flexibility index (Phi) is 5.21. The van der Waals surface area contributed by atoms with E-state index in [1.165, 1.54) is 0 Å². The third kappa shape index (κ3) is 3.96. The largest absolute Gasteiger partial charge is 0.478 e. The topological polar surface area (TPSA) is 109 Å². The zero-order valence-electron chi connectivity index (χ0n) is 15.7. The van der Waals surface area contributed by atoms with Crippen LogP contribution in [0.25, 0.3) is 21.8 Å². The summed E-state index contributed by atoms with van der Waals surface area (Å²) in [5.74, 6) is 0.252. The summed E-state index contributed by atoms with van der Waals surface area (Å²) in [4.78, 5) is 25.1. The summed E-state index contributed by atoms with van der Waals surface area (Å²) < 4.78 is 5.34. The van der Waals surface area contributed by atoms with Gasteiger partial charge in [-0.3, -0.25) is 0 Å². The maximum atomic E-state index is 11.3. The van der Waals surface area contributed by atoms with Crippen molar-refractivity contribution in [2.24, 2.45) is 0 Å². The summed E-state index contributed by atoms with van der Waals surface area (Å²) in [7, 11) is 0. The first-order valence-electron chi connectivity index (χ1n) is 9.57. The van der Waals surface area contributed by atoms with E-state index >= 15 is 0 Å². The average molecular weight is 381 g/mol. The van der Waals surface area contributed by atoms with Crippen molar-refractivity contribution in [1.82, 2.24) is 15.0 Å². The third-order valence-corrected chi connectivity index (χ3v) is 4.65. The van der Waals surface area contributed by atoms with E-state index in [-0.39, 0.29) is 5.56 Å². The van der Waals surface area contributed by atoms with Gasteiger partial charge in [-0.05, 0) is 38.3 Å². The molecule has 2 heterocycles. The fourth-order valence-electron chi connectivity index (χ4n) is 3.04. The molecule has 1 fully saturated rings. The molecule has 1 aliphatic rings. The molecule has 0 amide bonds. The Morgan fingerprint density at radius 1 is 1.29 bits per heavy atom. The van der Waals surface area contributed by atoms with E-state index in [2.05, 4.69) is 25.6 Å². The van der Waals surface area contributed by atoms with Crippen LogP contribution >= 0.6 is 0 Å². The zero-order valence-corrected chi connectivity index (χ0v) is 15.7. The van der Waals surface area contributed by atoms with Crippen LogP contribution in [0, 0.1) is 0 Å². The number of ether oxygens (including phenoxy) is 1. The van der Waals surface area contributed by atoms with Gasteiger partial charge in [0.25, 0.3) is 0 Å². The van der Waals surface area contributed by atoms with Gasteiger partial charge in [0.15, 0.2) is 5.82 Å². The molecule has 146 valence electrons. The molecule has 1 saturated carbocycles. The van der Waals surface area contributed by atoms with Crippen molar-refractivity contribution in [1.29, 1.82) is 0 Å². The molecule has 2 aromatic heterocycles. The molecule has 0 bridgehead atoms. The lowest BCUT2D eigenvalue weighted by atomic mass is 10.1. The number of carbonyl (C=O) groups is 1. The number of pyridine rings is 1. The van der Waals surface area contributed by atoms with Crippen LogP contribution in [0.5, 0.6) is 0 Å². The Morgan fingerprint density at radius 2 is 2.14 bits per heavy atom. The molecular formula is C20H23N5O3. The van der Waals surface area contributed by atoms with E-state index in [1.807, 2.05) is 6.92 Å². The summed E-state index contributed by atoms with van der Waals surface area (Å²) in [6.07, 6.45) is 4.85. The molecule has 1 aromatic carbocycles. The smallest absolute Gasteiger partial charge is 0.335 e. The highest BCUT2D eigenvalue weighted by atomic mass is 16.5. The summed E-state index contributed by atoms with van der Waals surface area (Å²) in [6.45, 7) is 4.11. The first kappa shape index (κ1) is 18.4. The first-order valence-corrected chi connectivity index (χ1v) is 9.57. The highest BCUT2D eigenvalue weighted by Crippen LogP contribution is 2.32. The van der Waals surface area contributed by atoms with Crippen LogP contribution in [-0.4, -0.2) is 51.8 Å². The van der Waals surface area contributed by atoms with Crippen LogP contribution in [0.15, 0.2) is 24.4 Å². The Hall–Kier alpha value is -3.00. The molecule has 0 spiro atoms. The number of carboxylic acid groups (broad SMARTS) is 1. The van der Waals surface area contributed by atoms with E-state index in [9.17, 15) is 9.90 Å². The van der Waals surface area contributed by atoms with E-state index in [0.29, 0.717) is 36.5 Å². The standard InChI is InChI=1S/C20H23N5O3/c1-2-28-9-3-8-21-20-22-11-15-14-7-4-12(19(26)27)10-16(14)24-18(17(15)25-20)23-13-5-6-13/h4,7,10-11,13H,2-3,5-6,8-9H2,1H3,(H,23,24)(H,26,27)(H,21,22,25). The highest BCUT2D eigenvalue weighted by Gasteiger charge is 2.23. The number of aromatic nitrogens is 3. The van der Waals surface area contributed by atoms with Gasteiger partial charge >= 0.3 is 5.97 Å². The number of aromatic carboxylic acids is 1. The van der Waals surface area contributed by atoms with Gasteiger partial charge in [-0.2, -0.15) is 0 Å².